The fourth-order valence-electron chi connectivity index (χ4n) is 2.23. The Hall–Kier alpha value is -1.82. The highest BCUT2D eigenvalue weighted by Gasteiger charge is 2.14. The molecule has 0 bridgehead atoms. The first-order chi connectivity index (χ1) is 9.92. The van der Waals surface area contributed by atoms with E-state index in [1.165, 1.54) is 5.56 Å². The first-order valence-electron chi connectivity index (χ1n) is 6.65. The number of ether oxygens (including phenoxy) is 1. The van der Waals surface area contributed by atoms with Gasteiger partial charge in [0.05, 0.1) is 11.6 Å². The number of halogens is 1. The van der Waals surface area contributed by atoms with Gasteiger partial charge in [-0.05, 0) is 45.1 Å². The SMILES string of the molecule is COc1cc(C(C)C)c(Cc2cnc(N)nc2N)cc1Br. The Morgan fingerprint density at radius 2 is 1.95 bits per heavy atom. The van der Waals surface area contributed by atoms with Gasteiger partial charge in [0.1, 0.15) is 11.6 Å². The van der Waals surface area contributed by atoms with Crippen LogP contribution in [0.2, 0.25) is 0 Å². The van der Waals surface area contributed by atoms with Crippen molar-refractivity contribution in [3.8, 4) is 5.75 Å². The zero-order chi connectivity index (χ0) is 15.6. The van der Waals surface area contributed by atoms with Crippen LogP contribution >= 0.6 is 15.9 Å². The molecule has 4 N–H and O–H groups in total. The van der Waals surface area contributed by atoms with E-state index in [9.17, 15) is 0 Å². The molecule has 0 saturated heterocycles. The summed E-state index contributed by atoms with van der Waals surface area (Å²) in [5, 5.41) is 0. The summed E-state index contributed by atoms with van der Waals surface area (Å²) in [5.41, 5.74) is 14.7. The molecule has 1 heterocycles. The molecule has 0 amide bonds. The van der Waals surface area contributed by atoms with Gasteiger partial charge in [-0.15, -0.1) is 0 Å². The average molecular weight is 351 g/mol. The molecule has 0 radical (unpaired) electrons. The molecule has 5 nitrogen and oxygen atoms in total. The number of anilines is 2. The van der Waals surface area contributed by atoms with Gasteiger partial charge in [0, 0.05) is 18.2 Å². The zero-order valence-electron chi connectivity index (χ0n) is 12.4. The third-order valence-electron chi connectivity index (χ3n) is 3.33. The minimum absolute atomic E-state index is 0.191. The lowest BCUT2D eigenvalue weighted by atomic mass is 9.93. The van der Waals surface area contributed by atoms with Crippen molar-refractivity contribution in [2.24, 2.45) is 0 Å². The third-order valence-corrected chi connectivity index (χ3v) is 3.95. The normalized spacial score (nSPS) is 10.9. The Morgan fingerprint density at radius 1 is 1.24 bits per heavy atom. The maximum absolute atomic E-state index is 5.92. The predicted octanol–water partition coefficient (Wildman–Crippen LogP) is 3.13. The van der Waals surface area contributed by atoms with E-state index in [0.717, 1.165) is 21.3 Å². The maximum atomic E-state index is 5.92. The van der Waals surface area contributed by atoms with Crippen LogP contribution in [0.4, 0.5) is 11.8 Å². The standard InChI is InChI=1S/C15H19BrN4O/c1-8(2)11-6-13(21-3)12(16)5-9(11)4-10-7-19-15(18)20-14(10)17/h5-8H,4H2,1-3H3,(H4,17,18,19,20). The van der Waals surface area contributed by atoms with Crippen molar-refractivity contribution < 1.29 is 4.74 Å². The highest BCUT2D eigenvalue weighted by molar-refractivity contribution is 9.10. The van der Waals surface area contributed by atoms with Crippen molar-refractivity contribution >= 4 is 27.7 Å². The van der Waals surface area contributed by atoms with E-state index >= 15 is 0 Å². The van der Waals surface area contributed by atoms with Crippen LogP contribution in [-0.2, 0) is 6.42 Å². The first kappa shape index (κ1) is 15.6. The fraction of sp³-hybridized carbons (Fsp3) is 0.333. The van der Waals surface area contributed by atoms with Gasteiger partial charge in [-0.2, -0.15) is 4.98 Å². The number of nitrogens with two attached hydrogens (primary N) is 2. The van der Waals surface area contributed by atoms with E-state index in [2.05, 4.69) is 51.9 Å². The molecule has 0 aliphatic carbocycles. The number of nitrogens with zero attached hydrogens (tertiary/aromatic N) is 2. The molecule has 2 aromatic rings. The number of benzene rings is 1. The molecule has 0 aliphatic heterocycles. The summed E-state index contributed by atoms with van der Waals surface area (Å²) >= 11 is 3.53. The Bertz CT molecular complexity index is 658. The quantitative estimate of drug-likeness (QED) is 0.884. The average Bonchev–Trinajstić information content (AvgIpc) is 2.41. The number of nitrogen functional groups attached to an aromatic ring is 2. The predicted molar refractivity (Wildman–Crippen MR) is 88.4 cm³/mol. The number of hydrogen-bond acceptors (Lipinski definition) is 5. The highest BCUT2D eigenvalue weighted by atomic mass is 79.9. The Morgan fingerprint density at radius 3 is 2.52 bits per heavy atom. The Kier molecular flexibility index (Phi) is 4.67. The van der Waals surface area contributed by atoms with Crippen LogP contribution in [0.15, 0.2) is 22.8 Å². The van der Waals surface area contributed by atoms with Gasteiger partial charge in [-0.25, -0.2) is 4.98 Å². The van der Waals surface area contributed by atoms with Gasteiger partial charge >= 0.3 is 0 Å². The van der Waals surface area contributed by atoms with Gasteiger partial charge in [-0.3, -0.25) is 0 Å². The highest BCUT2D eigenvalue weighted by Crippen LogP contribution is 2.33. The molecule has 21 heavy (non-hydrogen) atoms. The van der Waals surface area contributed by atoms with E-state index in [1.54, 1.807) is 13.3 Å². The smallest absolute Gasteiger partial charge is 0.221 e. The Balaban J connectivity index is 2.45. The van der Waals surface area contributed by atoms with Crippen molar-refractivity contribution in [3.63, 3.8) is 0 Å². The number of aromatic nitrogens is 2. The molecule has 0 spiro atoms. The van der Waals surface area contributed by atoms with E-state index in [4.69, 9.17) is 16.2 Å². The van der Waals surface area contributed by atoms with Crippen LogP contribution < -0.4 is 16.2 Å². The molecule has 1 aromatic carbocycles. The van der Waals surface area contributed by atoms with E-state index < -0.39 is 0 Å². The summed E-state index contributed by atoms with van der Waals surface area (Å²) < 4.78 is 6.28. The van der Waals surface area contributed by atoms with Gasteiger partial charge in [-0.1, -0.05) is 13.8 Å². The Labute approximate surface area is 132 Å². The lowest BCUT2D eigenvalue weighted by Crippen LogP contribution is -2.06. The summed E-state index contributed by atoms with van der Waals surface area (Å²) in [6.45, 7) is 4.30. The van der Waals surface area contributed by atoms with Crippen molar-refractivity contribution in [1.82, 2.24) is 9.97 Å². The largest absolute Gasteiger partial charge is 0.496 e. The third kappa shape index (κ3) is 3.44. The lowest BCUT2D eigenvalue weighted by molar-refractivity contribution is 0.411. The van der Waals surface area contributed by atoms with E-state index in [0.29, 0.717) is 18.2 Å². The van der Waals surface area contributed by atoms with Crippen molar-refractivity contribution in [2.45, 2.75) is 26.2 Å². The lowest BCUT2D eigenvalue weighted by Gasteiger charge is -2.16. The second-order valence-electron chi connectivity index (χ2n) is 5.16. The minimum atomic E-state index is 0.191. The first-order valence-corrected chi connectivity index (χ1v) is 7.44. The van der Waals surface area contributed by atoms with Crippen LogP contribution in [0.5, 0.6) is 5.75 Å². The maximum Gasteiger partial charge on any atom is 0.221 e. The van der Waals surface area contributed by atoms with Crippen LogP contribution in [0.25, 0.3) is 0 Å². The fourth-order valence-corrected chi connectivity index (χ4v) is 2.79. The zero-order valence-corrected chi connectivity index (χ0v) is 13.9. The van der Waals surface area contributed by atoms with Crippen LogP contribution in [-0.4, -0.2) is 17.1 Å². The number of hydrogen-bond donors (Lipinski definition) is 2. The van der Waals surface area contributed by atoms with Crippen LogP contribution in [0.1, 0.15) is 36.5 Å². The molecule has 6 heteroatoms. The second kappa shape index (κ2) is 6.30. The monoisotopic (exact) mass is 350 g/mol. The van der Waals surface area contributed by atoms with E-state index in [-0.39, 0.29) is 5.95 Å². The number of rotatable bonds is 4. The molecule has 0 saturated carbocycles. The molecule has 0 fully saturated rings. The van der Waals surface area contributed by atoms with Crippen LogP contribution in [0.3, 0.4) is 0 Å². The molecular formula is C15H19BrN4O. The molecule has 1 aromatic heterocycles. The summed E-state index contributed by atoms with van der Waals surface area (Å²) in [6.07, 6.45) is 2.34. The second-order valence-corrected chi connectivity index (χ2v) is 6.01. The van der Waals surface area contributed by atoms with Gasteiger partial charge in [0.2, 0.25) is 5.95 Å². The molecule has 0 aliphatic rings. The topological polar surface area (TPSA) is 87.0 Å². The summed E-state index contributed by atoms with van der Waals surface area (Å²) in [6, 6.07) is 4.11. The van der Waals surface area contributed by atoms with Crippen molar-refractivity contribution in [2.75, 3.05) is 18.6 Å². The minimum Gasteiger partial charge on any atom is -0.496 e. The summed E-state index contributed by atoms with van der Waals surface area (Å²) in [5.74, 6) is 1.81. The van der Waals surface area contributed by atoms with Crippen molar-refractivity contribution in [3.05, 3.63) is 39.5 Å². The molecular weight excluding hydrogens is 332 g/mol. The molecule has 0 atom stereocenters. The van der Waals surface area contributed by atoms with Crippen LogP contribution in [0, 0.1) is 0 Å². The van der Waals surface area contributed by atoms with E-state index in [1.807, 2.05) is 0 Å². The van der Waals surface area contributed by atoms with Gasteiger partial charge in [0.15, 0.2) is 0 Å². The van der Waals surface area contributed by atoms with Crippen molar-refractivity contribution in [1.29, 1.82) is 0 Å². The molecule has 112 valence electrons. The van der Waals surface area contributed by atoms with Gasteiger partial charge in [0.25, 0.3) is 0 Å². The molecule has 2 rings (SSSR count). The number of methoxy groups -OCH3 is 1. The summed E-state index contributed by atoms with van der Waals surface area (Å²) in [7, 11) is 1.66. The molecule has 0 unspecified atom stereocenters. The summed E-state index contributed by atoms with van der Waals surface area (Å²) in [4.78, 5) is 8.03. The van der Waals surface area contributed by atoms with Gasteiger partial charge < -0.3 is 16.2 Å².